The summed E-state index contributed by atoms with van der Waals surface area (Å²) in [5.74, 6) is 1.19. The number of H-pyrrole nitrogens is 1. The van der Waals surface area contributed by atoms with Crippen LogP contribution in [0.2, 0.25) is 0 Å². The number of hydrogen-bond acceptors (Lipinski definition) is 4. The lowest BCUT2D eigenvalue weighted by atomic mass is 9.86. The molecule has 1 saturated heterocycles. The lowest BCUT2D eigenvalue weighted by Gasteiger charge is -2.47. The zero-order valence-electron chi connectivity index (χ0n) is 18.2. The molecule has 0 aliphatic carbocycles. The van der Waals surface area contributed by atoms with Gasteiger partial charge in [0.2, 0.25) is 11.8 Å². The fraction of sp³-hybridized carbons (Fsp3) is 0.231. The zero-order valence-corrected chi connectivity index (χ0v) is 18.2. The van der Waals surface area contributed by atoms with Gasteiger partial charge in [-0.05, 0) is 29.8 Å². The van der Waals surface area contributed by atoms with Crippen LogP contribution in [0.25, 0.3) is 10.9 Å². The van der Waals surface area contributed by atoms with Gasteiger partial charge in [0.1, 0.15) is 30.1 Å². The van der Waals surface area contributed by atoms with Gasteiger partial charge < -0.3 is 23.9 Å². The topological polar surface area (TPSA) is 78.8 Å². The van der Waals surface area contributed by atoms with E-state index in [0.717, 1.165) is 27.7 Å². The van der Waals surface area contributed by atoms with E-state index in [1.807, 2.05) is 48.5 Å². The van der Waals surface area contributed by atoms with Crippen LogP contribution in [-0.4, -0.2) is 46.3 Å². The minimum absolute atomic E-state index is 0.0112. The van der Waals surface area contributed by atoms with Gasteiger partial charge in [-0.1, -0.05) is 36.4 Å². The van der Waals surface area contributed by atoms with E-state index in [4.69, 9.17) is 9.15 Å². The first-order valence-corrected chi connectivity index (χ1v) is 11.0. The summed E-state index contributed by atoms with van der Waals surface area (Å²) in [5.41, 5.74) is 3.87. The number of nitrogens with one attached hydrogen (secondary N) is 1. The fourth-order valence-electron chi connectivity index (χ4n) is 5.26. The van der Waals surface area contributed by atoms with Crippen molar-refractivity contribution in [2.45, 2.75) is 25.0 Å². The highest BCUT2D eigenvalue weighted by atomic mass is 16.5. The van der Waals surface area contributed by atoms with Gasteiger partial charge >= 0.3 is 0 Å². The standard InChI is InChI=1S/C26H23N3O4/c1-32-22-11-5-3-9-18(22)25-24-19(17-8-2-4-10-20(17)27-24)13-21-26(31)28(15-23(30)29(21)25)14-16-7-6-12-33-16/h2-12,21,25,27H,13-15H2,1H3/t21-,25?/m0/s1. The van der Waals surface area contributed by atoms with E-state index in [0.29, 0.717) is 17.9 Å². The molecule has 0 spiro atoms. The number of amides is 2. The molecule has 2 aliphatic rings. The van der Waals surface area contributed by atoms with Crippen molar-refractivity contribution in [1.29, 1.82) is 0 Å². The van der Waals surface area contributed by atoms with E-state index >= 15 is 0 Å². The van der Waals surface area contributed by atoms with Gasteiger partial charge in [-0.15, -0.1) is 0 Å². The van der Waals surface area contributed by atoms with Crippen molar-refractivity contribution in [2.75, 3.05) is 13.7 Å². The Bertz CT molecular complexity index is 1360. The van der Waals surface area contributed by atoms with Crippen molar-refractivity contribution in [3.05, 3.63) is 89.5 Å². The highest BCUT2D eigenvalue weighted by Crippen LogP contribution is 2.44. The molecule has 4 aromatic rings. The number of rotatable bonds is 4. The summed E-state index contributed by atoms with van der Waals surface area (Å²) in [6, 6.07) is 18.3. The maximum absolute atomic E-state index is 13.7. The van der Waals surface area contributed by atoms with Crippen molar-refractivity contribution in [3.63, 3.8) is 0 Å². The molecule has 2 amide bonds. The molecule has 1 unspecified atom stereocenters. The van der Waals surface area contributed by atoms with Gasteiger partial charge in [-0.2, -0.15) is 0 Å². The molecule has 4 heterocycles. The van der Waals surface area contributed by atoms with Gasteiger partial charge in [0.25, 0.3) is 0 Å². The van der Waals surface area contributed by atoms with Gasteiger partial charge in [0.15, 0.2) is 0 Å². The lowest BCUT2D eigenvalue weighted by Crippen LogP contribution is -2.62. The molecule has 2 aromatic heterocycles. The van der Waals surface area contributed by atoms with Gasteiger partial charge in [-0.3, -0.25) is 9.59 Å². The first-order valence-electron chi connectivity index (χ1n) is 11.0. The highest BCUT2D eigenvalue weighted by Gasteiger charge is 2.48. The number of benzene rings is 2. The van der Waals surface area contributed by atoms with E-state index in [-0.39, 0.29) is 24.9 Å². The fourth-order valence-corrected chi connectivity index (χ4v) is 5.26. The maximum atomic E-state index is 13.7. The average molecular weight is 441 g/mol. The summed E-state index contributed by atoms with van der Waals surface area (Å²) in [5, 5.41) is 1.08. The number of furan rings is 1. The van der Waals surface area contributed by atoms with Crippen molar-refractivity contribution in [2.24, 2.45) is 0 Å². The van der Waals surface area contributed by atoms with E-state index in [9.17, 15) is 9.59 Å². The Morgan fingerprint density at radius 3 is 2.70 bits per heavy atom. The number of aromatic amines is 1. The van der Waals surface area contributed by atoms with Crippen LogP contribution < -0.4 is 4.74 Å². The van der Waals surface area contributed by atoms with E-state index in [1.54, 1.807) is 29.2 Å². The predicted octanol–water partition coefficient (Wildman–Crippen LogP) is 3.65. The Morgan fingerprint density at radius 2 is 1.88 bits per heavy atom. The molecule has 6 rings (SSSR count). The molecule has 2 atom stereocenters. The molecule has 2 aliphatic heterocycles. The molecular weight excluding hydrogens is 418 g/mol. The molecule has 1 N–H and O–H groups in total. The Kier molecular flexibility index (Phi) is 4.50. The first kappa shape index (κ1) is 19.7. The van der Waals surface area contributed by atoms with E-state index in [1.165, 1.54) is 0 Å². The number of ether oxygens (including phenoxy) is 1. The van der Waals surface area contributed by atoms with Crippen LogP contribution in [0.1, 0.15) is 28.6 Å². The van der Waals surface area contributed by atoms with Gasteiger partial charge in [0, 0.05) is 28.6 Å². The summed E-state index contributed by atoms with van der Waals surface area (Å²) in [6.45, 7) is 0.291. The first-order chi connectivity index (χ1) is 16.2. The smallest absolute Gasteiger partial charge is 0.246 e. The molecule has 0 radical (unpaired) electrons. The number of nitrogens with zero attached hydrogens (tertiary/aromatic N) is 2. The van der Waals surface area contributed by atoms with Crippen molar-refractivity contribution < 1.29 is 18.7 Å². The molecule has 0 bridgehead atoms. The van der Waals surface area contributed by atoms with Crippen LogP contribution in [0, 0.1) is 0 Å². The second-order valence-electron chi connectivity index (χ2n) is 8.50. The third kappa shape index (κ3) is 3.03. The Hall–Kier alpha value is -4.00. The monoisotopic (exact) mass is 441 g/mol. The number of methoxy groups -OCH3 is 1. The molecule has 2 aromatic carbocycles. The van der Waals surface area contributed by atoms with Crippen LogP contribution in [0.3, 0.4) is 0 Å². The third-order valence-electron chi connectivity index (χ3n) is 6.70. The molecule has 166 valence electrons. The van der Waals surface area contributed by atoms with E-state index < -0.39 is 12.1 Å². The summed E-state index contributed by atoms with van der Waals surface area (Å²) >= 11 is 0. The zero-order chi connectivity index (χ0) is 22.5. The summed E-state index contributed by atoms with van der Waals surface area (Å²) in [6.07, 6.45) is 2.04. The SMILES string of the molecule is COc1ccccc1C1c2[nH]c3ccccc3c2C[C@H]2C(=O)N(Cc3ccco3)CC(=O)N12. The number of piperazine rings is 1. The second kappa shape index (κ2) is 7.55. The van der Waals surface area contributed by atoms with Gasteiger partial charge in [0.05, 0.1) is 19.9 Å². The number of aromatic nitrogens is 1. The number of fused-ring (bicyclic) bond motifs is 4. The minimum Gasteiger partial charge on any atom is -0.496 e. The molecule has 1 fully saturated rings. The number of para-hydroxylation sites is 2. The van der Waals surface area contributed by atoms with Crippen LogP contribution in [-0.2, 0) is 22.6 Å². The minimum atomic E-state index is -0.595. The van der Waals surface area contributed by atoms with Crippen LogP contribution in [0.5, 0.6) is 5.75 Å². The number of hydrogen-bond donors (Lipinski definition) is 1. The summed E-state index contributed by atoms with van der Waals surface area (Å²) in [7, 11) is 1.62. The highest BCUT2D eigenvalue weighted by molar-refractivity contribution is 5.97. The normalized spacial score (nSPS) is 20.2. The summed E-state index contributed by atoms with van der Waals surface area (Å²) in [4.78, 5) is 34.1. The van der Waals surface area contributed by atoms with Crippen molar-refractivity contribution >= 4 is 22.7 Å². The molecule has 0 saturated carbocycles. The molecule has 7 nitrogen and oxygen atoms in total. The number of carbonyl (C=O) groups excluding carboxylic acids is 2. The molecule has 7 heteroatoms. The van der Waals surface area contributed by atoms with Crippen LogP contribution in [0.4, 0.5) is 0 Å². The number of carbonyl (C=O) groups is 2. The van der Waals surface area contributed by atoms with Crippen molar-refractivity contribution in [1.82, 2.24) is 14.8 Å². The predicted molar refractivity (Wildman–Crippen MR) is 122 cm³/mol. The quantitative estimate of drug-likeness (QED) is 0.524. The second-order valence-corrected chi connectivity index (χ2v) is 8.50. The lowest BCUT2D eigenvalue weighted by molar-refractivity contribution is -0.159. The van der Waals surface area contributed by atoms with Crippen molar-refractivity contribution in [3.8, 4) is 5.75 Å². The van der Waals surface area contributed by atoms with Crippen LogP contribution >= 0.6 is 0 Å². The Balaban J connectivity index is 1.51. The summed E-state index contributed by atoms with van der Waals surface area (Å²) < 4.78 is 11.1. The third-order valence-corrected chi connectivity index (χ3v) is 6.70. The molecular formula is C26H23N3O4. The Morgan fingerprint density at radius 1 is 1.06 bits per heavy atom. The molecule has 33 heavy (non-hydrogen) atoms. The average Bonchev–Trinajstić information content (AvgIpc) is 3.48. The largest absolute Gasteiger partial charge is 0.496 e. The maximum Gasteiger partial charge on any atom is 0.246 e. The van der Waals surface area contributed by atoms with Crippen LogP contribution in [0.15, 0.2) is 71.3 Å². The van der Waals surface area contributed by atoms with Gasteiger partial charge in [-0.25, -0.2) is 0 Å². The van der Waals surface area contributed by atoms with E-state index in [2.05, 4.69) is 11.1 Å². The Labute approximate surface area is 190 Å².